The van der Waals surface area contributed by atoms with Gasteiger partial charge in [-0.1, -0.05) is 25.4 Å². The lowest BCUT2D eigenvalue weighted by Crippen LogP contribution is -2.19. The third kappa shape index (κ3) is 4.48. The van der Waals surface area contributed by atoms with E-state index in [1.165, 1.54) is 0 Å². The topological polar surface area (TPSA) is 47.3 Å². The summed E-state index contributed by atoms with van der Waals surface area (Å²) in [6.45, 7) is 7.58. The van der Waals surface area contributed by atoms with Gasteiger partial charge in [0.2, 0.25) is 0 Å². The van der Waals surface area contributed by atoms with Crippen molar-refractivity contribution in [2.75, 3.05) is 13.7 Å². The summed E-state index contributed by atoms with van der Waals surface area (Å²) >= 11 is 6.33. The normalized spacial score (nSPS) is 14.6. The number of halogens is 1. The van der Waals surface area contributed by atoms with Crippen molar-refractivity contribution in [3.63, 3.8) is 0 Å². The molecular weight excluding hydrogens is 264 g/mol. The van der Waals surface area contributed by atoms with Gasteiger partial charge in [-0.05, 0) is 25.7 Å². The van der Waals surface area contributed by atoms with Crippen LogP contribution in [0.4, 0.5) is 0 Å². The van der Waals surface area contributed by atoms with Crippen LogP contribution in [0.1, 0.15) is 38.6 Å². The molecular formula is C14H25ClN2O2. The first kappa shape index (κ1) is 16.5. The van der Waals surface area contributed by atoms with E-state index in [0.29, 0.717) is 30.4 Å². The average molecular weight is 289 g/mol. The molecule has 2 atom stereocenters. The smallest absolute Gasteiger partial charge is 0.0850 e. The number of methoxy groups -OCH3 is 1. The summed E-state index contributed by atoms with van der Waals surface area (Å²) in [4.78, 5) is 0. The van der Waals surface area contributed by atoms with Gasteiger partial charge in [0.15, 0.2) is 0 Å². The minimum absolute atomic E-state index is 0.336. The van der Waals surface area contributed by atoms with Crippen molar-refractivity contribution >= 4 is 11.6 Å². The summed E-state index contributed by atoms with van der Waals surface area (Å²) in [5, 5.41) is 15.3. The van der Waals surface area contributed by atoms with Gasteiger partial charge >= 0.3 is 0 Å². The highest BCUT2D eigenvalue weighted by Gasteiger charge is 2.19. The lowest BCUT2D eigenvalue weighted by Gasteiger charge is -2.16. The van der Waals surface area contributed by atoms with Crippen molar-refractivity contribution in [3.8, 4) is 0 Å². The number of ether oxygens (including phenoxy) is 1. The van der Waals surface area contributed by atoms with Crippen LogP contribution in [0.15, 0.2) is 0 Å². The SMILES string of the molecule is CCc1nn(CC)c(CC(O)CC(C)COC)c1Cl. The zero-order valence-corrected chi connectivity index (χ0v) is 13.1. The third-order valence-electron chi connectivity index (χ3n) is 3.25. The predicted molar refractivity (Wildman–Crippen MR) is 77.7 cm³/mol. The summed E-state index contributed by atoms with van der Waals surface area (Å²) in [6.07, 6.45) is 1.66. The Balaban J connectivity index is 2.72. The number of aliphatic hydroxyl groups is 1. The van der Waals surface area contributed by atoms with E-state index in [0.717, 1.165) is 24.4 Å². The van der Waals surface area contributed by atoms with Gasteiger partial charge in [0.05, 0.1) is 22.5 Å². The molecule has 0 radical (unpaired) electrons. The van der Waals surface area contributed by atoms with Crippen molar-refractivity contribution in [1.82, 2.24) is 9.78 Å². The van der Waals surface area contributed by atoms with Crippen molar-refractivity contribution in [3.05, 3.63) is 16.4 Å². The molecule has 110 valence electrons. The Morgan fingerprint density at radius 2 is 2.11 bits per heavy atom. The van der Waals surface area contributed by atoms with Gasteiger partial charge in [0.25, 0.3) is 0 Å². The van der Waals surface area contributed by atoms with Gasteiger partial charge in [-0.25, -0.2) is 0 Å². The first-order chi connectivity index (χ1) is 9.03. The molecule has 1 heterocycles. The summed E-state index contributed by atoms with van der Waals surface area (Å²) in [5.74, 6) is 0.336. The molecule has 0 aliphatic rings. The second-order valence-electron chi connectivity index (χ2n) is 5.03. The van der Waals surface area contributed by atoms with Gasteiger partial charge in [0.1, 0.15) is 0 Å². The van der Waals surface area contributed by atoms with Crippen LogP contribution in [0.3, 0.4) is 0 Å². The first-order valence-corrected chi connectivity index (χ1v) is 7.32. The second kappa shape index (κ2) is 7.88. The molecule has 19 heavy (non-hydrogen) atoms. The molecule has 0 aliphatic carbocycles. The van der Waals surface area contributed by atoms with E-state index in [2.05, 4.69) is 12.0 Å². The largest absolute Gasteiger partial charge is 0.393 e. The molecule has 0 saturated carbocycles. The molecule has 0 aromatic carbocycles. The van der Waals surface area contributed by atoms with Crippen LogP contribution in [0.2, 0.25) is 5.02 Å². The predicted octanol–water partition coefficient (Wildman–Crippen LogP) is 2.69. The van der Waals surface area contributed by atoms with E-state index in [9.17, 15) is 5.11 Å². The van der Waals surface area contributed by atoms with Gasteiger partial charge in [-0.2, -0.15) is 5.10 Å². The van der Waals surface area contributed by atoms with Crippen LogP contribution in [-0.4, -0.2) is 34.7 Å². The number of rotatable bonds is 8. The third-order valence-corrected chi connectivity index (χ3v) is 3.69. The fraction of sp³-hybridized carbons (Fsp3) is 0.786. The number of hydrogen-bond acceptors (Lipinski definition) is 3. The summed E-state index contributed by atoms with van der Waals surface area (Å²) in [6, 6.07) is 0. The Hall–Kier alpha value is -0.580. The van der Waals surface area contributed by atoms with E-state index in [1.54, 1.807) is 7.11 Å². The summed E-state index contributed by atoms with van der Waals surface area (Å²) in [5.41, 5.74) is 1.86. The number of hydrogen-bond donors (Lipinski definition) is 1. The maximum absolute atomic E-state index is 10.2. The Bertz CT molecular complexity index is 393. The van der Waals surface area contributed by atoms with E-state index in [1.807, 2.05) is 18.5 Å². The summed E-state index contributed by atoms with van der Waals surface area (Å²) < 4.78 is 6.98. The Morgan fingerprint density at radius 3 is 2.63 bits per heavy atom. The maximum atomic E-state index is 10.2. The molecule has 0 spiro atoms. The van der Waals surface area contributed by atoms with Crippen molar-refractivity contribution < 1.29 is 9.84 Å². The molecule has 1 N–H and O–H groups in total. The Morgan fingerprint density at radius 1 is 1.42 bits per heavy atom. The Kier molecular flexibility index (Phi) is 6.83. The molecule has 1 rings (SSSR count). The van der Waals surface area contributed by atoms with Crippen LogP contribution >= 0.6 is 11.6 Å². The molecule has 5 heteroatoms. The van der Waals surface area contributed by atoms with Crippen LogP contribution in [-0.2, 0) is 24.1 Å². The minimum Gasteiger partial charge on any atom is -0.393 e. The Labute approximate surface area is 120 Å². The lowest BCUT2D eigenvalue weighted by molar-refractivity contribution is 0.100. The molecule has 0 bridgehead atoms. The molecule has 0 aliphatic heterocycles. The van der Waals surface area contributed by atoms with E-state index < -0.39 is 6.10 Å². The number of nitrogens with zero attached hydrogens (tertiary/aromatic N) is 2. The quantitative estimate of drug-likeness (QED) is 0.800. The second-order valence-corrected chi connectivity index (χ2v) is 5.41. The molecule has 4 nitrogen and oxygen atoms in total. The van der Waals surface area contributed by atoms with Gasteiger partial charge in [-0.15, -0.1) is 0 Å². The van der Waals surface area contributed by atoms with Crippen LogP contribution in [0.5, 0.6) is 0 Å². The van der Waals surface area contributed by atoms with Gasteiger partial charge in [-0.3, -0.25) is 4.68 Å². The van der Waals surface area contributed by atoms with Gasteiger partial charge in [0, 0.05) is 26.7 Å². The number of aryl methyl sites for hydroxylation is 2. The number of aromatic nitrogens is 2. The van der Waals surface area contributed by atoms with Crippen molar-refractivity contribution in [2.24, 2.45) is 5.92 Å². The maximum Gasteiger partial charge on any atom is 0.0850 e. The highest BCUT2D eigenvalue weighted by molar-refractivity contribution is 6.31. The monoisotopic (exact) mass is 288 g/mol. The van der Waals surface area contributed by atoms with E-state index >= 15 is 0 Å². The molecule has 0 fully saturated rings. The first-order valence-electron chi connectivity index (χ1n) is 6.94. The average Bonchev–Trinajstić information content (AvgIpc) is 2.66. The van der Waals surface area contributed by atoms with E-state index in [4.69, 9.17) is 16.3 Å². The zero-order chi connectivity index (χ0) is 14.4. The highest BCUT2D eigenvalue weighted by atomic mass is 35.5. The highest BCUT2D eigenvalue weighted by Crippen LogP contribution is 2.24. The van der Waals surface area contributed by atoms with E-state index in [-0.39, 0.29) is 0 Å². The standard InChI is InChI=1S/C14H25ClN2O2/c1-5-12-14(15)13(17(6-2)16-12)8-11(18)7-10(3)9-19-4/h10-11,18H,5-9H2,1-4H3. The zero-order valence-electron chi connectivity index (χ0n) is 12.3. The minimum atomic E-state index is -0.408. The fourth-order valence-corrected chi connectivity index (χ4v) is 2.68. The lowest BCUT2D eigenvalue weighted by atomic mass is 10.0. The van der Waals surface area contributed by atoms with Gasteiger partial charge < -0.3 is 9.84 Å². The van der Waals surface area contributed by atoms with Crippen LogP contribution < -0.4 is 0 Å². The summed E-state index contributed by atoms with van der Waals surface area (Å²) in [7, 11) is 1.68. The molecule has 0 amide bonds. The van der Waals surface area contributed by atoms with Crippen LogP contribution in [0, 0.1) is 5.92 Å². The molecule has 2 unspecified atom stereocenters. The molecule has 1 aromatic heterocycles. The molecule has 0 saturated heterocycles. The molecule has 1 aromatic rings. The number of aliphatic hydroxyl groups excluding tert-OH is 1. The fourth-order valence-electron chi connectivity index (χ4n) is 2.34. The van der Waals surface area contributed by atoms with Crippen molar-refractivity contribution in [2.45, 2.75) is 52.7 Å². The van der Waals surface area contributed by atoms with Crippen molar-refractivity contribution in [1.29, 1.82) is 0 Å². The van der Waals surface area contributed by atoms with Crippen LogP contribution in [0.25, 0.3) is 0 Å².